The lowest BCUT2D eigenvalue weighted by Crippen LogP contribution is -2.52. The van der Waals surface area contributed by atoms with E-state index in [9.17, 15) is 24.3 Å². The van der Waals surface area contributed by atoms with Crippen molar-refractivity contribution in [3.05, 3.63) is 0 Å². The molecule has 0 aromatic heterocycles. The maximum absolute atomic E-state index is 12.8. The van der Waals surface area contributed by atoms with E-state index in [4.69, 9.17) is 0 Å². The molecule has 1 unspecified atom stereocenters. The lowest BCUT2D eigenvalue weighted by molar-refractivity contribution is -0.152. The van der Waals surface area contributed by atoms with Gasteiger partial charge in [0, 0.05) is 31.7 Å². The Kier molecular flexibility index (Phi) is 6.26. The van der Waals surface area contributed by atoms with Crippen LogP contribution < -0.4 is 0 Å². The van der Waals surface area contributed by atoms with Gasteiger partial charge >= 0.3 is 5.97 Å². The van der Waals surface area contributed by atoms with E-state index in [1.54, 1.807) is 11.8 Å². The molecule has 0 radical (unpaired) electrons. The van der Waals surface area contributed by atoms with Crippen molar-refractivity contribution in [2.75, 3.05) is 18.8 Å². The van der Waals surface area contributed by atoms with Crippen molar-refractivity contribution < 1.29 is 24.3 Å². The number of carbonyl (C=O) groups is 4. The minimum Gasteiger partial charge on any atom is -0.480 e. The number of carboxylic acid groups (broad SMARTS) is 1. The molecule has 8 heteroatoms. The lowest BCUT2D eigenvalue weighted by Gasteiger charge is -2.31. The van der Waals surface area contributed by atoms with Crippen LogP contribution in [0.4, 0.5) is 0 Å². The second kappa shape index (κ2) is 8.00. The lowest BCUT2D eigenvalue weighted by atomic mass is 10.1. The molecule has 2 amide bonds. The van der Waals surface area contributed by atoms with Crippen molar-refractivity contribution in [1.82, 2.24) is 9.80 Å². The summed E-state index contributed by atoms with van der Waals surface area (Å²) in [6.45, 7) is 4.16. The highest BCUT2D eigenvalue weighted by molar-refractivity contribution is 8.13. The Morgan fingerprint density at radius 1 is 1.08 bits per heavy atom. The van der Waals surface area contributed by atoms with Crippen molar-refractivity contribution in [3.8, 4) is 0 Å². The maximum atomic E-state index is 12.8. The summed E-state index contributed by atoms with van der Waals surface area (Å²) in [5.41, 5.74) is 0. The minimum absolute atomic E-state index is 0.0370. The zero-order valence-electron chi connectivity index (χ0n) is 14.1. The number of nitrogens with zero attached hydrogens (tertiary/aromatic N) is 2. The Labute approximate surface area is 145 Å². The van der Waals surface area contributed by atoms with Gasteiger partial charge in [-0.25, -0.2) is 4.79 Å². The molecule has 1 N–H and O–H groups in total. The predicted octanol–water partition coefficient (Wildman–Crippen LogP) is 0.969. The molecule has 2 fully saturated rings. The molecule has 7 nitrogen and oxygen atoms in total. The Hall–Kier alpha value is -1.57. The van der Waals surface area contributed by atoms with Crippen LogP contribution in [0.15, 0.2) is 0 Å². The van der Waals surface area contributed by atoms with Gasteiger partial charge in [-0.1, -0.05) is 18.7 Å². The van der Waals surface area contributed by atoms with Gasteiger partial charge in [-0.15, -0.1) is 0 Å². The summed E-state index contributed by atoms with van der Waals surface area (Å²) in [7, 11) is 0. The van der Waals surface area contributed by atoms with Gasteiger partial charge in [0.05, 0.1) is 0 Å². The van der Waals surface area contributed by atoms with E-state index in [0.717, 1.165) is 18.2 Å². The molecule has 2 aliphatic rings. The third-order valence-electron chi connectivity index (χ3n) is 4.60. The zero-order valence-corrected chi connectivity index (χ0v) is 14.9. The van der Waals surface area contributed by atoms with E-state index in [1.807, 2.05) is 0 Å². The van der Waals surface area contributed by atoms with Gasteiger partial charge in [0.2, 0.25) is 11.8 Å². The van der Waals surface area contributed by atoms with Crippen molar-refractivity contribution in [2.24, 2.45) is 5.92 Å². The molecule has 3 atom stereocenters. The zero-order chi connectivity index (χ0) is 17.9. The number of hydrogen-bond donors (Lipinski definition) is 1. The van der Waals surface area contributed by atoms with Crippen LogP contribution in [0.2, 0.25) is 0 Å². The largest absolute Gasteiger partial charge is 0.480 e. The van der Waals surface area contributed by atoms with Gasteiger partial charge in [0.1, 0.15) is 12.1 Å². The van der Waals surface area contributed by atoms with Crippen LogP contribution in [0.1, 0.15) is 39.5 Å². The van der Waals surface area contributed by atoms with Gasteiger partial charge < -0.3 is 14.9 Å². The summed E-state index contributed by atoms with van der Waals surface area (Å²) in [5.74, 6) is -1.32. The fourth-order valence-corrected chi connectivity index (χ4v) is 3.99. The van der Waals surface area contributed by atoms with Crippen LogP contribution >= 0.6 is 11.8 Å². The number of rotatable bonds is 5. The summed E-state index contributed by atoms with van der Waals surface area (Å²) < 4.78 is 0. The number of thioether (sulfide) groups is 1. The Bertz CT molecular complexity index is 539. The predicted molar refractivity (Wildman–Crippen MR) is 89.4 cm³/mol. The quantitative estimate of drug-likeness (QED) is 0.789. The second-order valence-corrected chi connectivity index (χ2v) is 7.62. The molecule has 0 saturated carbocycles. The summed E-state index contributed by atoms with van der Waals surface area (Å²) in [6.07, 6.45) is 2.45. The van der Waals surface area contributed by atoms with Gasteiger partial charge in [-0.3, -0.25) is 14.4 Å². The first-order chi connectivity index (χ1) is 11.3. The van der Waals surface area contributed by atoms with Gasteiger partial charge in [-0.05, 0) is 25.7 Å². The monoisotopic (exact) mass is 356 g/mol. The first kappa shape index (κ1) is 18.8. The average molecular weight is 356 g/mol. The first-order valence-electron chi connectivity index (χ1n) is 8.30. The molecule has 2 heterocycles. The Morgan fingerprint density at radius 2 is 1.67 bits per heavy atom. The smallest absolute Gasteiger partial charge is 0.326 e. The summed E-state index contributed by atoms with van der Waals surface area (Å²) in [4.78, 5) is 50.7. The van der Waals surface area contributed by atoms with E-state index >= 15 is 0 Å². The number of aliphatic carboxylic acids is 1. The highest BCUT2D eigenvalue weighted by Crippen LogP contribution is 2.26. The molecule has 0 aliphatic carbocycles. The Morgan fingerprint density at radius 3 is 2.25 bits per heavy atom. The highest BCUT2D eigenvalue weighted by atomic mass is 32.2. The topological polar surface area (TPSA) is 95.0 Å². The average Bonchev–Trinajstić information content (AvgIpc) is 3.19. The maximum Gasteiger partial charge on any atom is 0.326 e. The third kappa shape index (κ3) is 4.09. The summed E-state index contributed by atoms with van der Waals surface area (Å²) >= 11 is 1.11. The summed E-state index contributed by atoms with van der Waals surface area (Å²) in [5, 5.41) is 9.21. The third-order valence-corrected chi connectivity index (χ3v) is 5.67. The van der Waals surface area contributed by atoms with Crippen LogP contribution in [0.25, 0.3) is 0 Å². The van der Waals surface area contributed by atoms with Crippen LogP contribution in [0.3, 0.4) is 0 Å². The Balaban J connectivity index is 2.04. The molecule has 2 rings (SSSR count). The summed E-state index contributed by atoms with van der Waals surface area (Å²) in [6, 6.07) is -1.34. The van der Waals surface area contributed by atoms with Gasteiger partial charge in [0.25, 0.3) is 0 Å². The van der Waals surface area contributed by atoms with E-state index < -0.39 is 18.1 Å². The van der Waals surface area contributed by atoms with Crippen LogP contribution in [-0.2, 0) is 19.2 Å². The van der Waals surface area contributed by atoms with Gasteiger partial charge in [0.15, 0.2) is 5.12 Å². The highest BCUT2D eigenvalue weighted by Gasteiger charge is 2.42. The van der Waals surface area contributed by atoms with Crippen molar-refractivity contribution >= 4 is 34.7 Å². The van der Waals surface area contributed by atoms with Crippen LogP contribution in [0.5, 0.6) is 0 Å². The molecule has 134 valence electrons. The SMILES string of the molecule is CC(=O)SCC(C)C(=O)N1CCC[C@H]1C(=O)N1CCC[C@H]1C(=O)O. The molecular weight excluding hydrogens is 332 g/mol. The fourth-order valence-electron chi connectivity index (χ4n) is 3.36. The number of hydrogen-bond acceptors (Lipinski definition) is 5. The van der Waals surface area contributed by atoms with E-state index in [1.165, 1.54) is 11.8 Å². The number of carbonyl (C=O) groups excluding carboxylic acids is 3. The molecule has 0 spiro atoms. The van der Waals surface area contributed by atoms with E-state index in [-0.39, 0.29) is 22.8 Å². The first-order valence-corrected chi connectivity index (χ1v) is 9.28. The van der Waals surface area contributed by atoms with Crippen molar-refractivity contribution in [3.63, 3.8) is 0 Å². The fraction of sp³-hybridized carbons (Fsp3) is 0.750. The molecule has 2 aliphatic heterocycles. The molecule has 0 bridgehead atoms. The number of carboxylic acids is 1. The normalized spacial score (nSPS) is 24.9. The van der Waals surface area contributed by atoms with E-state index in [2.05, 4.69) is 0 Å². The second-order valence-electron chi connectivity index (χ2n) is 6.42. The van der Waals surface area contributed by atoms with Gasteiger partial charge in [-0.2, -0.15) is 0 Å². The van der Waals surface area contributed by atoms with Crippen LogP contribution in [-0.4, -0.2) is 68.7 Å². The molecular formula is C16H24N2O5S. The molecule has 2 saturated heterocycles. The molecule has 0 aromatic rings. The standard InChI is InChI=1S/C16H24N2O5S/c1-10(9-24-11(2)19)14(20)17-7-3-5-12(17)15(21)18-8-4-6-13(18)16(22)23/h10,12-13H,3-9H2,1-2H3,(H,22,23)/t10?,12-,13-/m0/s1. The molecule has 0 aromatic carbocycles. The number of likely N-dealkylation sites (tertiary alicyclic amines) is 2. The minimum atomic E-state index is -0.983. The van der Waals surface area contributed by atoms with E-state index in [0.29, 0.717) is 38.1 Å². The molecule has 24 heavy (non-hydrogen) atoms. The van der Waals surface area contributed by atoms with Crippen LogP contribution in [0, 0.1) is 5.92 Å². The van der Waals surface area contributed by atoms with Crippen molar-refractivity contribution in [2.45, 2.75) is 51.6 Å². The van der Waals surface area contributed by atoms with Crippen molar-refractivity contribution in [1.29, 1.82) is 0 Å². The number of amides is 2.